The van der Waals surface area contributed by atoms with Crippen LogP contribution in [0.15, 0.2) is 36.4 Å². The van der Waals surface area contributed by atoms with Gasteiger partial charge in [-0.3, -0.25) is 10.1 Å². The summed E-state index contributed by atoms with van der Waals surface area (Å²) in [6.07, 6.45) is -0.852. The Morgan fingerprint density at radius 1 is 1.15 bits per heavy atom. The van der Waals surface area contributed by atoms with Gasteiger partial charge in [0.05, 0.1) is 0 Å². The molecular formula is C14H15N3O3. The normalized spacial score (nSPS) is 11.8. The summed E-state index contributed by atoms with van der Waals surface area (Å²) in [6, 6.07) is 9.91. The number of carbonyl (C=O) groups is 2. The molecule has 0 aliphatic carbocycles. The van der Waals surface area contributed by atoms with E-state index in [4.69, 9.17) is 16.2 Å². The van der Waals surface area contributed by atoms with Crippen molar-refractivity contribution in [2.75, 3.05) is 5.73 Å². The van der Waals surface area contributed by atoms with E-state index in [0.29, 0.717) is 11.4 Å². The van der Waals surface area contributed by atoms with Crippen LogP contribution in [0.2, 0.25) is 0 Å². The lowest BCUT2D eigenvalue weighted by atomic mass is 10.1. The topological polar surface area (TPSA) is 107 Å². The number of hydrogen-bond acceptors (Lipinski definition) is 4. The minimum Gasteiger partial charge on any atom is -0.480 e. The van der Waals surface area contributed by atoms with Gasteiger partial charge in [-0.15, -0.1) is 0 Å². The first-order chi connectivity index (χ1) is 9.49. The minimum absolute atomic E-state index is 0.516. The molecule has 3 amide bonds. The Hall–Kier alpha value is -2.76. The SMILES string of the molecule is CC(Oc1ccc(N)c2ccccc12)C(=O)NC(N)=O. The zero-order chi connectivity index (χ0) is 14.7. The molecule has 0 fully saturated rings. The summed E-state index contributed by atoms with van der Waals surface area (Å²) < 4.78 is 5.57. The molecule has 0 heterocycles. The fourth-order valence-corrected chi connectivity index (χ4v) is 1.86. The Morgan fingerprint density at radius 2 is 1.80 bits per heavy atom. The molecule has 0 saturated heterocycles. The van der Waals surface area contributed by atoms with E-state index in [9.17, 15) is 9.59 Å². The summed E-state index contributed by atoms with van der Waals surface area (Å²) in [5.41, 5.74) is 11.4. The summed E-state index contributed by atoms with van der Waals surface area (Å²) in [7, 11) is 0. The van der Waals surface area contributed by atoms with Crippen molar-refractivity contribution in [3.05, 3.63) is 36.4 Å². The van der Waals surface area contributed by atoms with E-state index in [1.165, 1.54) is 6.92 Å². The van der Waals surface area contributed by atoms with Crippen molar-refractivity contribution in [2.24, 2.45) is 5.73 Å². The van der Waals surface area contributed by atoms with Crippen LogP contribution in [0.4, 0.5) is 10.5 Å². The van der Waals surface area contributed by atoms with Crippen molar-refractivity contribution in [2.45, 2.75) is 13.0 Å². The molecule has 2 aromatic rings. The second kappa shape index (κ2) is 5.48. The monoisotopic (exact) mass is 273 g/mol. The lowest BCUT2D eigenvalue weighted by Crippen LogP contribution is -2.42. The Labute approximate surface area is 115 Å². The van der Waals surface area contributed by atoms with E-state index in [2.05, 4.69) is 0 Å². The van der Waals surface area contributed by atoms with Gasteiger partial charge in [-0.1, -0.05) is 24.3 Å². The molecule has 2 rings (SSSR count). The van der Waals surface area contributed by atoms with Crippen molar-refractivity contribution in [1.82, 2.24) is 5.32 Å². The molecule has 6 nitrogen and oxygen atoms in total. The molecule has 6 heteroatoms. The number of amides is 3. The highest BCUT2D eigenvalue weighted by atomic mass is 16.5. The Morgan fingerprint density at radius 3 is 2.45 bits per heavy atom. The van der Waals surface area contributed by atoms with E-state index >= 15 is 0 Å². The number of benzene rings is 2. The summed E-state index contributed by atoms with van der Waals surface area (Å²) in [4.78, 5) is 22.2. The number of ether oxygens (including phenoxy) is 1. The molecule has 0 spiro atoms. The third kappa shape index (κ3) is 2.80. The number of nitrogens with one attached hydrogen (secondary N) is 1. The van der Waals surface area contributed by atoms with E-state index in [-0.39, 0.29) is 0 Å². The predicted molar refractivity (Wildman–Crippen MR) is 76.2 cm³/mol. The largest absolute Gasteiger partial charge is 0.480 e. The Kier molecular flexibility index (Phi) is 3.74. The quantitative estimate of drug-likeness (QED) is 0.734. The van der Waals surface area contributed by atoms with Gasteiger partial charge in [-0.25, -0.2) is 4.79 Å². The van der Waals surface area contributed by atoms with Crippen LogP contribution in [0, 0.1) is 0 Å². The number of hydrogen-bond donors (Lipinski definition) is 3. The standard InChI is InChI=1S/C14H15N3O3/c1-8(13(18)17-14(16)19)20-12-7-6-11(15)9-4-2-3-5-10(9)12/h2-8H,15H2,1H3,(H3,16,17,18,19). The van der Waals surface area contributed by atoms with Crippen LogP contribution in [-0.4, -0.2) is 18.0 Å². The number of rotatable bonds is 3. The minimum atomic E-state index is -0.910. The van der Waals surface area contributed by atoms with Crippen molar-refractivity contribution >= 4 is 28.4 Å². The number of carbonyl (C=O) groups excluding carboxylic acids is 2. The van der Waals surface area contributed by atoms with Crippen molar-refractivity contribution < 1.29 is 14.3 Å². The first-order valence-electron chi connectivity index (χ1n) is 6.03. The van der Waals surface area contributed by atoms with Gasteiger partial charge >= 0.3 is 6.03 Å². The number of primary amides is 1. The summed E-state index contributed by atoms with van der Waals surface area (Å²) in [5, 5.41) is 3.61. The Bertz CT molecular complexity index is 670. The highest BCUT2D eigenvalue weighted by Crippen LogP contribution is 2.30. The Balaban J connectivity index is 2.28. The molecular weight excluding hydrogens is 258 g/mol. The average Bonchev–Trinajstić information content (AvgIpc) is 2.41. The molecule has 2 aromatic carbocycles. The van der Waals surface area contributed by atoms with Crippen molar-refractivity contribution in [3.8, 4) is 5.75 Å². The third-order valence-electron chi connectivity index (χ3n) is 2.84. The van der Waals surface area contributed by atoms with Gasteiger partial charge in [0.2, 0.25) is 0 Å². The maximum atomic E-state index is 11.6. The van der Waals surface area contributed by atoms with Crippen LogP contribution in [0.5, 0.6) is 5.75 Å². The van der Waals surface area contributed by atoms with Gasteiger partial charge in [-0.2, -0.15) is 0 Å². The van der Waals surface area contributed by atoms with Crippen molar-refractivity contribution in [3.63, 3.8) is 0 Å². The zero-order valence-electron chi connectivity index (χ0n) is 10.9. The predicted octanol–water partition coefficient (Wildman–Crippen LogP) is 1.38. The van der Waals surface area contributed by atoms with Crippen LogP contribution in [-0.2, 0) is 4.79 Å². The van der Waals surface area contributed by atoms with Gasteiger partial charge in [0.25, 0.3) is 5.91 Å². The maximum absolute atomic E-state index is 11.6. The molecule has 1 atom stereocenters. The maximum Gasteiger partial charge on any atom is 0.318 e. The number of anilines is 1. The third-order valence-corrected chi connectivity index (χ3v) is 2.84. The number of urea groups is 1. The first kappa shape index (κ1) is 13.7. The van der Waals surface area contributed by atoms with Gasteiger partial charge in [0, 0.05) is 16.5 Å². The van der Waals surface area contributed by atoms with E-state index in [0.717, 1.165) is 10.8 Å². The van der Waals surface area contributed by atoms with Gasteiger partial charge in [-0.05, 0) is 19.1 Å². The molecule has 20 heavy (non-hydrogen) atoms. The number of nitrogens with two attached hydrogens (primary N) is 2. The van der Waals surface area contributed by atoms with E-state index < -0.39 is 18.0 Å². The summed E-state index contributed by atoms with van der Waals surface area (Å²) in [5.74, 6) is -0.0830. The smallest absolute Gasteiger partial charge is 0.318 e. The molecule has 0 saturated carbocycles. The first-order valence-corrected chi connectivity index (χ1v) is 6.03. The second-order valence-corrected chi connectivity index (χ2v) is 4.31. The fourth-order valence-electron chi connectivity index (χ4n) is 1.86. The average molecular weight is 273 g/mol. The fraction of sp³-hybridized carbons (Fsp3) is 0.143. The number of nitrogen functional groups attached to an aromatic ring is 1. The van der Waals surface area contributed by atoms with Crippen molar-refractivity contribution in [1.29, 1.82) is 0 Å². The molecule has 0 aliphatic rings. The lowest BCUT2D eigenvalue weighted by molar-refractivity contribution is -0.126. The highest BCUT2D eigenvalue weighted by molar-refractivity contribution is 5.98. The second-order valence-electron chi connectivity index (χ2n) is 4.31. The van der Waals surface area contributed by atoms with Crippen LogP contribution in [0.3, 0.4) is 0 Å². The van der Waals surface area contributed by atoms with E-state index in [1.807, 2.05) is 29.6 Å². The van der Waals surface area contributed by atoms with Crippen LogP contribution >= 0.6 is 0 Å². The molecule has 0 aliphatic heterocycles. The van der Waals surface area contributed by atoms with E-state index in [1.54, 1.807) is 12.1 Å². The molecule has 0 radical (unpaired) electrons. The molecule has 1 unspecified atom stereocenters. The molecule has 0 aromatic heterocycles. The zero-order valence-corrected chi connectivity index (χ0v) is 10.9. The number of fused-ring (bicyclic) bond motifs is 1. The summed E-state index contributed by atoms with van der Waals surface area (Å²) in [6.45, 7) is 1.53. The highest BCUT2D eigenvalue weighted by Gasteiger charge is 2.17. The van der Waals surface area contributed by atoms with Crippen LogP contribution in [0.1, 0.15) is 6.92 Å². The van der Waals surface area contributed by atoms with Gasteiger partial charge in [0.1, 0.15) is 5.75 Å². The van der Waals surface area contributed by atoms with Crippen LogP contribution < -0.4 is 21.5 Å². The summed E-state index contributed by atoms with van der Waals surface area (Å²) >= 11 is 0. The molecule has 5 N–H and O–H groups in total. The lowest BCUT2D eigenvalue weighted by Gasteiger charge is -2.15. The van der Waals surface area contributed by atoms with Gasteiger partial charge in [0.15, 0.2) is 6.10 Å². The number of imide groups is 1. The van der Waals surface area contributed by atoms with Gasteiger partial charge < -0.3 is 16.2 Å². The molecule has 0 bridgehead atoms. The molecule has 104 valence electrons. The van der Waals surface area contributed by atoms with Crippen LogP contribution in [0.25, 0.3) is 10.8 Å².